The van der Waals surface area contributed by atoms with Crippen LogP contribution in [-0.4, -0.2) is 54.5 Å². The van der Waals surface area contributed by atoms with Crippen LogP contribution in [0.2, 0.25) is 0 Å². The van der Waals surface area contributed by atoms with Gasteiger partial charge in [0.1, 0.15) is 11.1 Å². The third-order valence-corrected chi connectivity index (χ3v) is 6.93. The smallest absolute Gasteiger partial charge is 0.408 e. The molecule has 38 heavy (non-hydrogen) atoms. The minimum absolute atomic E-state index is 0.0409. The van der Waals surface area contributed by atoms with Crippen molar-refractivity contribution in [2.24, 2.45) is 17.8 Å². The summed E-state index contributed by atoms with van der Waals surface area (Å²) >= 11 is 0. The van der Waals surface area contributed by atoms with Gasteiger partial charge in [0.15, 0.2) is 0 Å². The lowest BCUT2D eigenvalue weighted by Gasteiger charge is -2.33. The fraction of sp³-hybridized carbons (Fsp3) is 0.500. The minimum Gasteiger partial charge on any atom is -0.466 e. The molecule has 0 aromatic heterocycles. The summed E-state index contributed by atoms with van der Waals surface area (Å²) in [4.78, 5) is 52.1. The molecule has 0 spiro atoms. The van der Waals surface area contributed by atoms with Gasteiger partial charge in [-0.1, -0.05) is 36.4 Å². The van der Waals surface area contributed by atoms with Crippen molar-refractivity contribution in [1.82, 2.24) is 10.6 Å². The second-order valence-electron chi connectivity index (χ2n) is 10.6. The molecule has 2 fully saturated rings. The SMILES string of the molecule is CCOC(=O)C1C2C(NC(=O)Nc3cccc4ccccc34)CC(NC(=O)OC(C)(C)C)(C(=O)OCC)C12. The number of carbonyl (C=O) groups is 4. The van der Waals surface area contributed by atoms with E-state index in [1.165, 1.54) is 0 Å². The number of esters is 2. The number of ether oxygens (including phenoxy) is 3. The van der Waals surface area contributed by atoms with Crippen LogP contribution in [0.5, 0.6) is 0 Å². The van der Waals surface area contributed by atoms with E-state index in [2.05, 4.69) is 16.0 Å². The molecule has 0 radical (unpaired) electrons. The van der Waals surface area contributed by atoms with Gasteiger partial charge in [-0.15, -0.1) is 0 Å². The number of rotatable bonds is 7. The lowest BCUT2D eigenvalue weighted by atomic mass is 9.89. The number of hydrogen-bond acceptors (Lipinski definition) is 7. The second-order valence-corrected chi connectivity index (χ2v) is 10.6. The van der Waals surface area contributed by atoms with Crippen molar-refractivity contribution in [1.29, 1.82) is 0 Å². The van der Waals surface area contributed by atoms with Crippen LogP contribution in [0.25, 0.3) is 10.8 Å². The first-order chi connectivity index (χ1) is 18.0. The monoisotopic (exact) mass is 525 g/mol. The molecule has 4 rings (SSSR count). The number of amides is 3. The Labute approximate surface area is 221 Å². The van der Waals surface area contributed by atoms with Crippen molar-refractivity contribution in [2.45, 2.75) is 58.2 Å². The molecule has 2 aromatic carbocycles. The van der Waals surface area contributed by atoms with Gasteiger partial charge in [-0.25, -0.2) is 14.4 Å². The Hall–Kier alpha value is -3.82. The number of alkyl carbamates (subject to hydrolysis) is 1. The maximum Gasteiger partial charge on any atom is 0.408 e. The summed E-state index contributed by atoms with van der Waals surface area (Å²) in [6.45, 7) is 8.73. The van der Waals surface area contributed by atoms with Gasteiger partial charge in [-0.3, -0.25) is 4.79 Å². The van der Waals surface area contributed by atoms with Crippen LogP contribution in [0, 0.1) is 17.8 Å². The van der Waals surface area contributed by atoms with E-state index in [9.17, 15) is 19.2 Å². The first-order valence-corrected chi connectivity index (χ1v) is 12.9. The molecule has 2 aliphatic carbocycles. The highest BCUT2D eigenvalue weighted by Gasteiger charge is 2.76. The zero-order valence-electron chi connectivity index (χ0n) is 22.3. The van der Waals surface area contributed by atoms with Gasteiger partial charge in [0.2, 0.25) is 0 Å². The molecule has 3 N–H and O–H groups in total. The highest BCUT2D eigenvalue weighted by atomic mass is 16.6. The van der Waals surface area contributed by atoms with Gasteiger partial charge in [-0.2, -0.15) is 0 Å². The van der Waals surface area contributed by atoms with E-state index < -0.39 is 59.0 Å². The average molecular weight is 526 g/mol. The minimum atomic E-state index is -1.56. The van der Waals surface area contributed by atoms with Crippen molar-refractivity contribution >= 4 is 40.5 Å². The Morgan fingerprint density at radius 3 is 2.34 bits per heavy atom. The Balaban J connectivity index is 1.60. The summed E-state index contributed by atoms with van der Waals surface area (Å²) in [7, 11) is 0. The fourth-order valence-electron chi connectivity index (χ4n) is 5.59. The predicted molar refractivity (Wildman–Crippen MR) is 140 cm³/mol. The largest absolute Gasteiger partial charge is 0.466 e. The van der Waals surface area contributed by atoms with Crippen LogP contribution in [-0.2, 0) is 23.8 Å². The van der Waals surface area contributed by atoms with E-state index in [0.717, 1.165) is 10.8 Å². The summed E-state index contributed by atoms with van der Waals surface area (Å²) in [5, 5.41) is 10.4. The summed E-state index contributed by atoms with van der Waals surface area (Å²) in [5.41, 5.74) is -1.74. The van der Waals surface area contributed by atoms with Gasteiger partial charge in [-0.05, 0) is 52.0 Å². The first kappa shape index (κ1) is 27.2. The first-order valence-electron chi connectivity index (χ1n) is 12.9. The molecular formula is C28H35N3O7. The van der Waals surface area contributed by atoms with E-state index >= 15 is 0 Å². The zero-order valence-corrected chi connectivity index (χ0v) is 22.3. The lowest BCUT2D eigenvalue weighted by molar-refractivity contribution is -0.153. The number of benzene rings is 2. The molecule has 5 unspecified atom stereocenters. The molecule has 10 nitrogen and oxygen atoms in total. The molecule has 0 aliphatic heterocycles. The summed E-state index contributed by atoms with van der Waals surface area (Å²) < 4.78 is 16.0. The molecular weight excluding hydrogens is 490 g/mol. The van der Waals surface area contributed by atoms with Crippen LogP contribution in [0.4, 0.5) is 15.3 Å². The topological polar surface area (TPSA) is 132 Å². The highest BCUT2D eigenvalue weighted by Crippen LogP contribution is 2.63. The van der Waals surface area contributed by atoms with Gasteiger partial charge in [0.25, 0.3) is 0 Å². The van der Waals surface area contributed by atoms with Crippen molar-refractivity contribution in [3.63, 3.8) is 0 Å². The Kier molecular flexibility index (Phi) is 7.53. The van der Waals surface area contributed by atoms with E-state index in [0.29, 0.717) is 5.69 Å². The van der Waals surface area contributed by atoms with Gasteiger partial charge < -0.3 is 30.2 Å². The number of urea groups is 1. The van der Waals surface area contributed by atoms with Crippen molar-refractivity contribution < 1.29 is 33.4 Å². The molecule has 2 aromatic rings. The maximum absolute atomic E-state index is 13.3. The Bertz CT molecular complexity index is 1240. The average Bonchev–Trinajstić information content (AvgIpc) is 3.52. The van der Waals surface area contributed by atoms with Crippen LogP contribution in [0.15, 0.2) is 42.5 Å². The molecule has 10 heteroatoms. The quantitative estimate of drug-likeness (QED) is 0.368. The van der Waals surface area contributed by atoms with Crippen molar-refractivity contribution in [3.05, 3.63) is 42.5 Å². The number of hydrogen-bond donors (Lipinski definition) is 3. The lowest BCUT2D eigenvalue weighted by Crippen LogP contribution is -2.59. The van der Waals surface area contributed by atoms with E-state index in [4.69, 9.17) is 14.2 Å². The molecule has 0 heterocycles. The number of anilines is 1. The van der Waals surface area contributed by atoms with E-state index in [1.807, 2.05) is 36.4 Å². The number of nitrogens with one attached hydrogen (secondary N) is 3. The summed E-state index contributed by atoms with van der Waals surface area (Å²) in [6, 6.07) is 12.2. The van der Waals surface area contributed by atoms with Crippen LogP contribution in [0.1, 0.15) is 41.0 Å². The fourth-order valence-corrected chi connectivity index (χ4v) is 5.59. The Morgan fingerprint density at radius 1 is 0.974 bits per heavy atom. The molecule has 5 atom stereocenters. The van der Waals surface area contributed by atoms with Gasteiger partial charge in [0, 0.05) is 23.8 Å². The normalized spacial score (nSPS) is 25.6. The zero-order chi connectivity index (χ0) is 27.7. The third-order valence-electron chi connectivity index (χ3n) is 6.93. The number of fused-ring (bicyclic) bond motifs is 2. The standard InChI is InChI=1S/C28H35N3O7/c1-6-36-23(32)21-20-19(30-25(34)29-18-14-10-12-16-11-8-9-13-17(16)18)15-28(22(20)21,24(33)37-7-2)31-26(35)38-27(3,4)5/h8-14,19-22H,6-7,15H2,1-5H3,(H,31,35)(H2,29,30,34). The summed E-state index contributed by atoms with van der Waals surface area (Å²) in [5.74, 6) is -2.89. The van der Waals surface area contributed by atoms with Crippen molar-refractivity contribution in [2.75, 3.05) is 18.5 Å². The summed E-state index contributed by atoms with van der Waals surface area (Å²) in [6.07, 6.45) is -0.765. The van der Waals surface area contributed by atoms with Gasteiger partial charge >= 0.3 is 24.1 Å². The third kappa shape index (κ3) is 5.39. The second kappa shape index (κ2) is 10.5. The van der Waals surface area contributed by atoms with Crippen LogP contribution < -0.4 is 16.0 Å². The molecule has 0 saturated heterocycles. The van der Waals surface area contributed by atoms with E-state index in [1.54, 1.807) is 40.7 Å². The maximum atomic E-state index is 13.3. The molecule has 204 valence electrons. The highest BCUT2D eigenvalue weighted by molar-refractivity contribution is 6.02. The van der Waals surface area contributed by atoms with E-state index in [-0.39, 0.29) is 19.6 Å². The van der Waals surface area contributed by atoms with Crippen LogP contribution >= 0.6 is 0 Å². The van der Waals surface area contributed by atoms with Gasteiger partial charge in [0.05, 0.1) is 24.8 Å². The molecule has 0 bridgehead atoms. The molecule has 2 aliphatic rings. The molecule has 3 amide bonds. The predicted octanol–water partition coefficient (Wildman–Crippen LogP) is 3.99. The van der Waals surface area contributed by atoms with Crippen LogP contribution in [0.3, 0.4) is 0 Å². The van der Waals surface area contributed by atoms with Crippen molar-refractivity contribution in [3.8, 4) is 0 Å². The number of carbonyl (C=O) groups excluding carboxylic acids is 4. The molecule has 2 saturated carbocycles. The Morgan fingerprint density at radius 2 is 1.66 bits per heavy atom.